The molecule has 0 radical (unpaired) electrons. The molecule has 1 aliphatic heterocycles. The summed E-state index contributed by atoms with van der Waals surface area (Å²) in [5, 5.41) is 6.75. The lowest BCUT2D eigenvalue weighted by Crippen LogP contribution is -2.48. The van der Waals surface area contributed by atoms with Gasteiger partial charge in [0.2, 0.25) is 0 Å². The van der Waals surface area contributed by atoms with Crippen molar-refractivity contribution in [3.8, 4) is 0 Å². The first-order valence-electron chi connectivity index (χ1n) is 8.61. The molecule has 1 fully saturated rings. The van der Waals surface area contributed by atoms with E-state index in [0.29, 0.717) is 17.1 Å². The molecular formula is C18H29BrFIN4. The average Bonchev–Trinajstić information content (AvgIpc) is 2.55. The molecule has 1 heterocycles. The minimum absolute atomic E-state index is 0. The van der Waals surface area contributed by atoms with E-state index in [0.717, 1.165) is 43.4 Å². The summed E-state index contributed by atoms with van der Waals surface area (Å²) in [4.78, 5) is 6.81. The van der Waals surface area contributed by atoms with Gasteiger partial charge >= 0.3 is 0 Å². The van der Waals surface area contributed by atoms with Crippen molar-refractivity contribution in [3.05, 3.63) is 34.1 Å². The molecule has 1 aliphatic rings. The van der Waals surface area contributed by atoms with Gasteiger partial charge in [-0.15, -0.1) is 24.0 Å². The molecule has 7 heteroatoms. The molecule has 0 spiro atoms. The maximum Gasteiger partial charge on any atom is 0.191 e. The number of likely N-dealkylation sites (tertiary alicyclic amines) is 1. The summed E-state index contributed by atoms with van der Waals surface area (Å²) in [5.41, 5.74) is 0.894. The van der Waals surface area contributed by atoms with E-state index in [2.05, 4.69) is 50.3 Å². The molecule has 1 aromatic rings. The second kappa shape index (κ2) is 11.3. The molecule has 1 saturated heterocycles. The van der Waals surface area contributed by atoms with Crippen molar-refractivity contribution >= 4 is 45.9 Å². The molecule has 142 valence electrons. The monoisotopic (exact) mass is 526 g/mol. The summed E-state index contributed by atoms with van der Waals surface area (Å²) in [6.45, 7) is 8.52. The molecule has 1 aromatic carbocycles. The SMILES string of the molecule is CN=C(NCc1ccc(Br)c(F)c1)NC1CCN(CC(C)C)CC1.I. The maximum absolute atomic E-state index is 13.6. The minimum atomic E-state index is -0.241. The van der Waals surface area contributed by atoms with Gasteiger partial charge in [0.15, 0.2) is 5.96 Å². The molecule has 0 bridgehead atoms. The smallest absolute Gasteiger partial charge is 0.191 e. The van der Waals surface area contributed by atoms with Crippen molar-refractivity contribution in [1.29, 1.82) is 0 Å². The lowest BCUT2D eigenvalue weighted by molar-refractivity contribution is 0.187. The fourth-order valence-electron chi connectivity index (χ4n) is 3.00. The second-order valence-electron chi connectivity index (χ2n) is 6.79. The summed E-state index contributed by atoms with van der Waals surface area (Å²) in [6.07, 6.45) is 2.25. The van der Waals surface area contributed by atoms with Crippen LogP contribution in [0, 0.1) is 11.7 Å². The minimum Gasteiger partial charge on any atom is -0.354 e. The number of piperidine rings is 1. The number of halogens is 3. The number of hydrogen-bond donors (Lipinski definition) is 2. The first-order valence-corrected chi connectivity index (χ1v) is 9.40. The van der Waals surface area contributed by atoms with E-state index in [1.807, 2.05) is 6.07 Å². The van der Waals surface area contributed by atoms with Crippen LogP contribution in [0.5, 0.6) is 0 Å². The molecule has 0 atom stereocenters. The van der Waals surface area contributed by atoms with E-state index in [-0.39, 0.29) is 29.8 Å². The molecule has 2 rings (SSSR count). The Morgan fingerprint density at radius 3 is 2.60 bits per heavy atom. The summed E-state index contributed by atoms with van der Waals surface area (Å²) < 4.78 is 14.0. The Bertz CT molecular complexity index is 560. The lowest BCUT2D eigenvalue weighted by Gasteiger charge is -2.34. The van der Waals surface area contributed by atoms with Crippen molar-refractivity contribution in [3.63, 3.8) is 0 Å². The van der Waals surface area contributed by atoms with Crippen LogP contribution in [0.15, 0.2) is 27.7 Å². The van der Waals surface area contributed by atoms with E-state index in [1.165, 1.54) is 12.6 Å². The zero-order chi connectivity index (χ0) is 17.5. The van der Waals surface area contributed by atoms with Crippen LogP contribution in [0.25, 0.3) is 0 Å². The highest BCUT2D eigenvalue weighted by atomic mass is 127. The van der Waals surface area contributed by atoms with Gasteiger partial charge < -0.3 is 15.5 Å². The van der Waals surface area contributed by atoms with Gasteiger partial charge in [-0.2, -0.15) is 0 Å². The van der Waals surface area contributed by atoms with Crippen LogP contribution in [0.1, 0.15) is 32.3 Å². The van der Waals surface area contributed by atoms with Crippen LogP contribution >= 0.6 is 39.9 Å². The fraction of sp³-hybridized carbons (Fsp3) is 0.611. The van der Waals surface area contributed by atoms with Crippen LogP contribution in [0.4, 0.5) is 4.39 Å². The largest absolute Gasteiger partial charge is 0.354 e. The topological polar surface area (TPSA) is 39.7 Å². The van der Waals surface area contributed by atoms with Crippen molar-refractivity contribution in [2.45, 2.75) is 39.3 Å². The molecule has 4 nitrogen and oxygen atoms in total. The second-order valence-corrected chi connectivity index (χ2v) is 7.64. The summed E-state index contributed by atoms with van der Waals surface area (Å²) >= 11 is 3.17. The average molecular weight is 527 g/mol. The number of aliphatic imine (C=N–C) groups is 1. The number of nitrogens with one attached hydrogen (secondary N) is 2. The zero-order valence-corrected chi connectivity index (χ0v) is 19.1. The first-order chi connectivity index (χ1) is 11.5. The summed E-state index contributed by atoms with van der Waals surface area (Å²) in [7, 11) is 1.77. The van der Waals surface area contributed by atoms with Gasteiger partial charge in [0.1, 0.15) is 5.82 Å². The summed E-state index contributed by atoms with van der Waals surface area (Å²) in [5.74, 6) is 1.26. The van der Waals surface area contributed by atoms with E-state index < -0.39 is 0 Å². The molecule has 0 amide bonds. The highest BCUT2D eigenvalue weighted by Crippen LogP contribution is 2.16. The zero-order valence-electron chi connectivity index (χ0n) is 15.2. The van der Waals surface area contributed by atoms with Crippen molar-refractivity contribution in [2.24, 2.45) is 10.9 Å². The van der Waals surface area contributed by atoms with Gasteiger partial charge in [-0.25, -0.2) is 4.39 Å². The van der Waals surface area contributed by atoms with Crippen LogP contribution in [0.3, 0.4) is 0 Å². The van der Waals surface area contributed by atoms with Crippen molar-refractivity contribution < 1.29 is 4.39 Å². The van der Waals surface area contributed by atoms with Crippen LogP contribution in [0.2, 0.25) is 0 Å². The molecule has 2 N–H and O–H groups in total. The number of nitrogens with zero attached hydrogens (tertiary/aromatic N) is 2. The van der Waals surface area contributed by atoms with Gasteiger partial charge in [-0.3, -0.25) is 4.99 Å². The Balaban J connectivity index is 0.00000312. The van der Waals surface area contributed by atoms with Crippen LogP contribution in [-0.4, -0.2) is 43.6 Å². The van der Waals surface area contributed by atoms with E-state index in [4.69, 9.17) is 0 Å². The number of guanidine groups is 1. The Morgan fingerprint density at radius 1 is 1.36 bits per heavy atom. The standard InChI is InChI=1S/C18H28BrFN4.HI/c1-13(2)12-24-8-6-15(7-9-24)23-18(21-3)22-11-14-4-5-16(19)17(20)10-14;/h4-5,10,13,15H,6-9,11-12H2,1-3H3,(H2,21,22,23);1H. The molecule has 0 aromatic heterocycles. The van der Waals surface area contributed by atoms with Crippen LogP contribution < -0.4 is 10.6 Å². The predicted octanol–water partition coefficient (Wildman–Crippen LogP) is 3.99. The third kappa shape index (κ3) is 7.78. The Labute approximate surface area is 176 Å². The highest BCUT2D eigenvalue weighted by Gasteiger charge is 2.20. The van der Waals surface area contributed by atoms with Crippen LogP contribution in [-0.2, 0) is 6.54 Å². The third-order valence-corrected chi connectivity index (χ3v) is 4.86. The van der Waals surface area contributed by atoms with E-state index in [9.17, 15) is 4.39 Å². The van der Waals surface area contributed by atoms with Gasteiger partial charge in [-0.05, 0) is 52.4 Å². The van der Waals surface area contributed by atoms with Gasteiger partial charge in [-0.1, -0.05) is 19.9 Å². The Hall–Kier alpha value is -0.410. The third-order valence-electron chi connectivity index (χ3n) is 4.22. The number of hydrogen-bond acceptors (Lipinski definition) is 2. The number of benzene rings is 1. The van der Waals surface area contributed by atoms with Gasteiger partial charge in [0.05, 0.1) is 4.47 Å². The molecular weight excluding hydrogens is 498 g/mol. The highest BCUT2D eigenvalue weighted by molar-refractivity contribution is 14.0. The van der Waals surface area contributed by atoms with E-state index >= 15 is 0 Å². The quantitative estimate of drug-likeness (QED) is 0.346. The molecule has 0 unspecified atom stereocenters. The molecule has 25 heavy (non-hydrogen) atoms. The van der Waals surface area contributed by atoms with Crippen molar-refractivity contribution in [2.75, 3.05) is 26.7 Å². The lowest BCUT2D eigenvalue weighted by atomic mass is 10.0. The maximum atomic E-state index is 13.6. The normalized spacial score (nSPS) is 16.6. The molecule has 0 saturated carbocycles. The number of rotatable bonds is 5. The van der Waals surface area contributed by atoms with Crippen molar-refractivity contribution in [1.82, 2.24) is 15.5 Å². The predicted molar refractivity (Wildman–Crippen MR) is 117 cm³/mol. The van der Waals surface area contributed by atoms with Gasteiger partial charge in [0.25, 0.3) is 0 Å². The first kappa shape index (κ1) is 22.6. The Kier molecular flexibility index (Phi) is 10.3. The van der Waals surface area contributed by atoms with E-state index in [1.54, 1.807) is 13.1 Å². The van der Waals surface area contributed by atoms with Gasteiger partial charge in [0, 0.05) is 39.3 Å². The Morgan fingerprint density at radius 2 is 2.04 bits per heavy atom. The fourth-order valence-corrected chi connectivity index (χ4v) is 3.25. The molecule has 0 aliphatic carbocycles. The summed E-state index contributed by atoms with van der Waals surface area (Å²) in [6, 6.07) is 5.61.